The van der Waals surface area contributed by atoms with Crippen LogP contribution in [0.2, 0.25) is 10.0 Å². The Morgan fingerprint density at radius 3 is 2.25 bits per heavy atom. The Balaban J connectivity index is 1.72. The highest BCUT2D eigenvalue weighted by molar-refractivity contribution is 7.15. The fourth-order valence-electron chi connectivity index (χ4n) is 2.20. The van der Waals surface area contributed by atoms with Crippen LogP contribution in [0.15, 0.2) is 48.5 Å². The van der Waals surface area contributed by atoms with Crippen LogP contribution in [0.3, 0.4) is 0 Å². The van der Waals surface area contributed by atoms with Gasteiger partial charge in [-0.3, -0.25) is 10.1 Å². The van der Waals surface area contributed by atoms with Crippen molar-refractivity contribution in [3.05, 3.63) is 80.3 Å². The second kappa shape index (κ2) is 7.34. The van der Waals surface area contributed by atoms with E-state index in [-0.39, 0.29) is 5.91 Å². The highest BCUT2D eigenvalue weighted by atomic mass is 35.5. The Bertz CT molecular complexity index is 858. The molecule has 0 aliphatic carbocycles. The molecule has 6 heteroatoms. The van der Waals surface area contributed by atoms with Gasteiger partial charge in [0.25, 0.3) is 5.91 Å². The van der Waals surface area contributed by atoms with E-state index in [4.69, 9.17) is 23.2 Å². The van der Waals surface area contributed by atoms with E-state index in [9.17, 15) is 4.79 Å². The molecule has 0 saturated heterocycles. The lowest BCUT2D eigenvalue weighted by Gasteiger charge is -2.01. The Morgan fingerprint density at radius 1 is 1.04 bits per heavy atom. The van der Waals surface area contributed by atoms with E-state index in [0.29, 0.717) is 15.7 Å². The van der Waals surface area contributed by atoms with Gasteiger partial charge in [0, 0.05) is 26.9 Å². The largest absolute Gasteiger partial charge is 0.298 e. The minimum Gasteiger partial charge on any atom is -0.298 e. The molecule has 0 aliphatic rings. The first-order valence-corrected chi connectivity index (χ1v) is 8.86. The molecule has 1 N–H and O–H groups in total. The SMILES string of the molecule is Cc1nc(NC(=O)c2ccc(Cl)cc2)sc1Cc1ccc(Cl)cc1. The van der Waals surface area contributed by atoms with Crippen molar-refractivity contribution in [1.82, 2.24) is 4.98 Å². The Kier molecular flexibility index (Phi) is 5.19. The first-order valence-electron chi connectivity index (χ1n) is 7.29. The van der Waals surface area contributed by atoms with Crippen molar-refractivity contribution in [2.75, 3.05) is 5.32 Å². The number of halogens is 2. The van der Waals surface area contributed by atoms with Gasteiger partial charge in [0.15, 0.2) is 5.13 Å². The normalized spacial score (nSPS) is 10.6. The molecule has 0 unspecified atom stereocenters. The standard InChI is InChI=1S/C18H14Cl2N2OS/c1-11-16(10-12-2-6-14(19)7-3-12)24-18(21-11)22-17(23)13-4-8-15(20)9-5-13/h2-9H,10H2,1H3,(H,21,22,23). The van der Waals surface area contributed by atoms with Crippen molar-refractivity contribution < 1.29 is 4.79 Å². The molecule has 3 nitrogen and oxygen atoms in total. The van der Waals surface area contributed by atoms with Crippen molar-refractivity contribution in [3.63, 3.8) is 0 Å². The van der Waals surface area contributed by atoms with Crippen LogP contribution < -0.4 is 5.32 Å². The molecule has 0 aliphatic heterocycles. The number of amides is 1. The Hall–Kier alpha value is -1.88. The molecule has 1 amide bonds. The highest BCUT2D eigenvalue weighted by Gasteiger charge is 2.12. The fraction of sp³-hybridized carbons (Fsp3) is 0.111. The van der Waals surface area contributed by atoms with Crippen molar-refractivity contribution in [2.45, 2.75) is 13.3 Å². The quantitative estimate of drug-likeness (QED) is 0.643. The summed E-state index contributed by atoms with van der Waals surface area (Å²) in [4.78, 5) is 17.8. The van der Waals surface area contributed by atoms with Crippen molar-refractivity contribution in [3.8, 4) is 0 Å². The zero-order valence-corrected chi connectivity index (χ0v) is 15.2. The number of anilines is 1. The summed E-state index contributed by atoms with van der Waals surface area (Å²) in [5.41, 5.74) is 2.62. The monoisotopic (exact) mass is 376 g/mol. The lowest BCUT2D eigenvalue weighted by atomic mass is 10.1. The predicted octanol–water partition coefficient (Wildman–Crippen LogP) is 5.60. The van der Waals surface area contributed by atoms with Gasteiger partial charge in [-0.1, -0.05) is 35.3 Å². The summed E-state index contributed by atoms with van der Waals surface area (Å²) < 4.78 is 0. The van der Waals surface area contributed by atoms with Crippen molar-refractivity contribution in [2.24, 2.45) is 0 Å². The number of thiazole rings is 1. The molecule has 1 heterocycles. The summed E-state index contributed by atoms with van der Waals surface area (Å²) in [5, 5.41) is 4.75. The summed E-state index contributed by atoms with van der Waals surface area (Å²) in [6.45, 7) is 1.94. The van der Waals surface area contributed by atoms with Gasteiger partial charge in [-0.15, -0.1) is 11.3 Å². The number of nitrogens with one attached hydrogen (secondary N) is 1. The maximum Gasteiger partial charge on any atom is 0.257 e. The van der Waals surface area contributed by atoms with Gasteiger partial charge in [-0.05, 0) is 48.9 Å². The average Bonchev–Trinajstić information content (AvgIpc) is 2.89. The fourth-order valence-corrected chi connectivity index (χ4v) is 3.45. The molecule has 3 aromatic rings. The number of aryl methyl sites for hydroxylation is 1. The molecule has 0 fully saturated rings. The van der Waals surface area contributed by atoms with E-state index < -0.39 is 0 Å². The first kappa shape index (κ1) is 17.0. The van der Waals surface area contributed by atoms with E-state index in [2.05, 4.69) is 10.3 Å². The lowest BCUT2D eigenvalue weighted by Crippen LogP contribution is -2.11. The topological polar surface area (TPSA) is 42.0 Å². The van der Waals surface area contributed by atoms with Gasteiger partial charge in [0.2, 0.25) is 0 Å². The van der Waals surface area contributed by atoms with Crippen LogP contribution in [0.1, 0.15) is 26.5 Å². The predicted molar refractivity (Wildman–Crippen MR) is 101 cm³/mol. The van der Waals surface area contributed by atoms with Gasteiger partial charge in [0.05, 0.1) is 5.69 Å². The van der Waals surface area contributed by atoms with Gasteiger partial charge in [0.1, 0.15) is 0 Å². The third-order valence-electron chi connectivity index (χ3n) is 3.50. The molecule has 2 aromatic carbocycles. The van der Waals surface area contributed by atoms with Gasteiger partial charge < -0.3 is 0 Å². The number of hydrogen-bond acceptors (Lipinski definition) is 3. The summed E-state index contributed by atoms with van der Waals surface area (Å²) >= 11 is 13.2. The first-order chi connectivity index (χ1) is 11.5. The molecule has 24 heavy (non-hydrogen) atoms. The Morgan fingerprint density at radius 2 is 1.62 bits per heavy atom. The molecule has 3 rings (SSSR count). The maximum absolute atomic E-state index is 12.2. The molecule has 0 radical (unpaired) electrons. The molecular formula is C18H14Cl2N2OS. The zero-order chi connectivity index (χ0) is 17.1. The number of nitrogens with zero attached hydrogens (tertiary/aromatic N) is 1. The number of hydrogen-bond donors (Lipinski definition) is 1. The van der Waals surface area contributed by atoms with Crippen LogP contribution >= 0.6 is 34.5 Å². The average molecular weight is 377 g/mol. The summed E-state index contributed by atoms with van der Waals surface area (Å²) in [7, 11) is 0. The van der Waals surface area contributed by atoms with Gasteiger partial charge in [-0.25, -0.2) is 4.98 Å². The summed E-state index contributed by atoms with van der Waals surface area (Å²) in [6, 6.07) is 14.5. The van der Waals surface area contributed by atoms with Crippen molar-refractivity contribution in [1.29, 1.82) is 0 Å². The van der Waals surface area contributed by atoms with Crippen LogP contribution in [0, 0.1) is 6.92 Å². The van der Waals surface area contributed by atoms with Crippen LogP contribution in [-0.2, 0) is 6.42 Å². The van der Waals surface area contributed by atoms with Crippen LogP contribution in [0.4, 0.5) is 5.13 Å². The van der Waals surface area contributed by atoms with E-state index in [1.807, 2.05) is 31.2 Å². The molecular weight excluding hydrogens is 363 g/mol. The molecule has 0 atom stereocenters. The second-order valence-corrected chi connectivity index (χ2v) is 7.25. The van der Waals surface area contributed by atoms with Crippen molar-refractivity contribution >= 4 is 45.6 Å². The summed E-state index contributed by atoms with van der Waals surface area (Å²) in [6.07, 6.45) is 0.761. The minimum atomic E-state index is -0.196. The van der Waals surface area contributed by atoms with Gasteiger partial charge >= 0.3 is 0 Å². The minimum absolute atomic E-state index is 0.196. The number of carbonyl (C=O) groups excluding carboxylic acids is 1. The molecule has 122 valence electrons. The van der Waals surface area contributed by atoms with Crippen LogP contribution in [-0.4, -0.2) is 10.9 Å². The smallest absolute Gasteiger partial charge is 0.257 e. The molecule has 1 aromatic heterocycles. The van der Waals surface area contributed by atoms with E-state index in [1.54, 1.807) is 24.3 Å². The Labute approximate surface area is 154 Å². The number of carbonyl (C=O) groups is 1. The summed E-state index contributed by atoms with van der Waals surface area (Å²) in [5.74, 6) is -0.196. The van der Waals surface area contributed by atoms with Crippen LogP contribution in [0.5, 0.6) is 0 Å². The molecule has 0 saturated carbocycles. The lowest BCUT2D eigenvalue weighted by molar-refractivity contribution is 0.102. The van der Waals surface area contributed by atoms with E-state index in [1.165, 1.54) is 11.3 Å². The number of benzene rings is 2. The van der Waals surface area contributed by atoms with Crippen LogP contribution in [0.25, 0.3) is 0 Å². The third-order valence-corrected chi connectivity index (χ3v) is 5.07. The van der Waals surface area contributed by atoms with E-state index >= 15 is 0 Å². The van der Waals surface area contributed by atoms with E-state index in [0.717, 1.165) is 27.6 Å². The maximum atomic E-state index is 12.2. The number of aromatic nitrogens is 1. The highest BCUT2D eigenvalue weighted by Crippen LogP contribution is 2.26. The third kappa shape index (κ3) is 4.15. The van der Waals surface area contributed by atoms with Gasteiger partial charge in [-0.2, -0.15) is 0 Å². The zero-order valence-electron chi connectivity index (χ0n) is 12.8. The second-order valence-electron chi connectivity index (χ2n) is 5.29. The number of rotatable bonds is 4. The molecule has 0 spiro atoms. The molecule has 0 bridgehead atoms.